The molecule has 2 saturated heterocycles. The van der Waals surface area contributed by atoms with Crippen molar-refractivity contribution in [3.8, 4) is 0 Å². The van der Waals surface area contributed by atoms with Crippen LogP contribution < -0.4 is 16.4 Å². The highest BCUT2D eigenvalue weighted by Crippen LogP contribution is 2.30. The van der Waals surface area contributed by atoms with Gasteiger partial charge in [-0.2, -0.15) is 0 Å². The summed E-state index contributed by atoms with van der Waals surface area (Å²) in [5.41, 5.74) is 6.97. The number of ether oxygens (including phenoxy) is 2. The Morgan fingerprint density at radius 1 is 1.45 bits per heavy atom. The SMILES string of the molecule is Nc1ccc(Br)cc1NC(=O)[C@@H]1CC2(CN1)OCCO2. The van der Waals surface area contributed by atoms with Gasteiger partial charge in [-0.15, -0.1) is 0 Å². The molecule has 6 nitrogen and oxygen atoms in total. The van der Waals surface area contributed by atoms with E-state index in [-0.39, 0.29) is 11.9 Å². The number of carbonyl (C=O) groups excluding carboxylic acids is 1. The van der Waals surface area contributed by atoms with Crippen LogP contribution in [0.15, 0.2) is 22.7 Å². The van der Waals surface area contributed by atoms with Gasteiger partial charge in [0.15, 0.2) is 5.79 Å². The van der Waals surface area contributed by atoms with Crippen molar-refractivity contribution in [2.45, 2.75) is 18.2 Å². The van der Waals surface area contributed by atoms with Gasteiger partial charge in [0.25, 0.3) is 0 Å². The number of carbonyl (C=O) groups is 1. The van der Waals surface area contributed by atoms with Gasteiger partial charge in [-0.1, -0.05) is 15.9 Å². The minimum Gasteiger partial charge on any atom is -0.397 e. The van der Waals surface area contributed by atoms with Gasteiger partial charge in [0, 0.05) is 10.9 Å². The van der Waals surface area contributed by atoms with Crippen molar-refractivity contribution in [1.82, 2.24) is 5.32 Å². The molecule has 0 unspecified atom stereocenters. The highest BCUT2D eigenvalue weighted by molar-refractivity contribution is 9.10. The first kappa shape index (κ1) is 13.8. The summed E-state index contributed by atoms with van der Waals surface area (Å²) < 4.78 is 12.0. The number of nitrogen functional groups attached to an aromatic ring is 1. The fourth-order valence-corrected chi connectivity index (χ4v) is 2.85. The second kappa shape index (κ2) is 5.33. The maximum Gasteiger partial charge on any atom is 0.241 e. The van der Waals surface area contributed by atoms with Crippen LogP contribution in [0.2, 0.25) is 0 Å². The topological polar surface area (TPSA) is 85.6 Å². The van der Waals surface area contributed by atoms with Gasteiger partial charge in [-0.3, -0.25) is 4.79 Å². The third-order valence-electron chi connectivity index (χ3n) is 3.54. The fourth-order valence-electron chi connectivity index (χ4n) is 2.49. The van der Waals surface area contributed by atoms with E-state index in [1.807, 2.05) is 6.07 Å². The Morgan fingerprint density at radius 3 is 2.95 bits per heavy atom. The van der Waals surface area contributed by atoms with Crippen LogP contribution in [0.4, 0.5) is 11.4 Å². The summed E-state index contributed by atoms with van der Waals surface area (Å²) in [6.07, 6.45) is 0.507. The fraction of sp³-hybridized carbons (Fsp3) is 0.462. The van der Waals surface area contributed by atoms with E-state index in [9.17, 15) is 4.79 Å². The van der Waals surface area contributed by atoms with E-state index in [2.05, 4.69) is 26.6 Å². The lowest BCUT2D eigenvalue weighted by molar-refractivity contribution is -0.143. The molecule has 2 fully saturated rings. The molecule has 2 aliphatic rings. The van der Waals surface area contributed by atoms with Crippen molar-refractivity contribution in [2.75, 3.05) is 30.8 Å². The zero-order chi connectivity index (χ0) is 14.2. The Hall–Kier alpha value is -1.15. The first-order chi connectivity index (χ1) is 9.58. The van der Waals surface area contributed by atoms with Crippen LogP contribution in [0.3, 0.4) is 0 Å². The minimum absolute atomic E-state index is 0.134. The molecule has 2 heterocycles. The van der Waals surface area contributed by atoms with Crippen molar-refractivity contribution in [3.05, 3.63) is 22.7 Å². The predicted molar refractivity (Wildman–Crippen MR) is 78.2 cm³/mol. The predicted octanol–water partition coefficient (Wildman–Crippen LogP) is 1.07. The van der Waals surface area contributed by atoms with E-state index < -0.39 is 5.79 Å². The molecule has 1 spiro atoms. The normalized spacial score (nSPS) is 24.1. The Kier molecular flexibility index (Phi) is 3.68. The lowest BCUT2D eigenvalue weighted by Gasteiger charge is -2.20. The van der Waals surface area contributed by atoms with Crippen LogP contribution >= 0.6 is 15.9 Å². The molecule has 4 N–H and O–H groups in total. The second-order valence-electron chi connectivity index (χ2n) is 4.97. The lowest BCUT2D eigenvalue weighted by atomic mass is 10.1. The molecule has 1 atom stereocenters. The summed E-state index contributed by atoms with van der Waals surface area (Å²) in [7, 11) is 0. The zero-order valence-corrected chi connectivity index (χ0v) is 12.4. The summed E-state index contributed by atoms with van der Waals surface area (Å²) >= 11 is 3.36. The van der Waals surface area contributed by atoms with Gasteiger partial charge in [-0.25, -0.2) is 0 Å². The van der Waals surface area contributed by atoms with Gasteiger partial charge in [0.05, 0.1) is 37.2 Å². The second-order valence-corrected chi connectivity index (χ2v) is 5.88. The van der Waals surface area contributed by atoms with Crippen molar-refractivity contribution < 1.29 is 14.3 Å². The standard InChI is InChI=1S/C13H16BrN3O3/c14-8-1-2-9(15)10(5-8)17-12(18)11-6-13(7-16-11)19-3-4-20-13/h1-2,5,11,16H,3-4,6-7,15H2,(H,17,18)/t11-/m0/s1. The lowest BCUT2D eigenvalue weighted by Crippen LogP contribution is -2.35. The molecule has 20 heavy (non-hydrogen) atoms. The molecule has 0 radical (unpaired) electrons. The van der Waals surface area contributed by atoms with Gasteiger partial charge in [-0.05, 0) is 18.2 Å². The molecule has 108 valence electrons. The maximum absolute atomic E-state index is 12.3. The summed E-state index contributed by atoms with van der Waals surface area (Å²) in [5.74, 6) is -0.768. The molecule has 7 heteroatoms. The third kappa shape index (κ3) is 2.67. The van der Waals surface area contributed by atoms with Gasteiger partial charge in [0.2, 0.25) is 5.91 Å². The van der Waals surface area contributed by atoms with E-state index in [1.54, 1.807) is 12.1 Å². The molecule has 1 aromatic rings. The number of nitrogens with two attached hydrogens (primary N) is 1. The largest absolute Gasteiger partial charge is 0.397 e. The van der Waals surface area contributed by atoms with Crippen molar-refractivity contribution in [1.29, 1.82) is 0 Å². The van der Waals surface area contributed by atoms with E-state index in [0.717, 1.165) is 4.47 Å². The number of nitrogens with one attached hydrogen (secondary N) is 2. The van der Waals surface area contributed by atoms with E-state index >= 15 is 0 Å². The molecule has 1 amide bonds. The average molecular weight is 342 g/mol. The van der Waals surface area contributed by atoms with Crippen LogP contribution in [0.5, 0.6) is 0 Å². The van der Waals surface area contributed by atoms with Gasteiger partial charge in [0.1, 0.15) is 0 Å². The Bertz CT molecular complexity index is 532. The summed E-state index contributed by atoms with van der Waals surface area (Å²) in [5, 5.41) is 5.96. The van der Waals surface area contributed by atoms with E-state index in [4.69, 9.17) is 15.2 Å². The van der Waals surface area contributed by atoms with Crippen molar-refractivity contribution in [2.24, 2.45) is 0 Å². The van der Waals surface area contributed by atoms with E-state index in [1.165, 1.54) is 0 Å². The first-order valence-corrected chi connectivity index (χ1v) is 7.24. The summed E-state index contributed by atoms with van der Waals surface area (Å²) in [4.78, 5) is 12.3. The number of anilines is 2. The molecule has 3 rings (SSSR count). The van der Waals surface area contributed by atoms with Crippen LogP contribution in [-0.2, 0) is 14.3 Å². The Morgan fingerprint density at radius 2 is 2.20 bits per heavy atom. The number of rotatable bonds is 2. The highest BCUT2D eigenvalue weighted by atomic mass is 79.9. The highest BCUT2D eigenvalue weighted by Gasteiger charge is 2.46. The van der Waals surface area contributed by atoms with Crippen LogP contribution in [0.25, 0.3) is 0 Å². The quantitative estimate of drug-likeness (QED) is 0.700. The molecule has 1 aromatic carbocycles. The average Bonchev–Trinajstić information content (AvgIpc) is 3.05. The Labute approximate surface area is 125 Å². The zero-order valence-electron chi connectivity index (χ0n) is 10.8. The van der Waals surface area contributed by atoms with Gasteiger partial charge < -0.3 is 25.8 Å². The Balaban J connectivity index is 1.66. The molecule has 0 aromatic heterocycles. The van der Waals surface area contributed by atoms with Crippen LogP contribution in [0, 0.1) is 0 Å². The smallest absolute Gasteiger partial charge is 0.241 e. The number of hydrogen-bond donors (Lipinski definition) is 3. The molecule has 2 aliphatic heterocycles. The summed E-state index contributed by atoms with van der Waals surface area (Å²) in [6, 6.07) is 5.01. The number of benzene rings is 1. The molecule has 0 saturated carbocycles. The monoisotopic (exact) mass is 341 g/mol. The number of amides is 1. The number of halogens is 1. The molecule has 0 aliphatic carbocycles. The van der Waals surface area contributed by atoms with Crippen molar-refractivity contribution >= 4 is 33.2 Å². The number of hydrogen-bond acceptors (Lipinski definition) is 5. The summed E-state index contributed by atoms with van der Waals surface area (Å²) in [6.45, 7) is 1.68. The van der Waals surface area contributed by atoms with Crippen LogP contribution in [0.1, 0.15) is 6.42 Å². The third-order valence-corrected chi connectivity index (χ3v) is 4.03. The van der Waals surface area contributed by atoms with Crippen molar-refractivity contribution in [3.63, 3.8) is 0 Å². The van der Waals surface area contributed by atoms with E-state index in [0.29, 0.717) is 37.6 Å². The maximum atomic E-state index is 12.3. The molecular formula is C13H16BrN3O3. The van der Waals surface area contributed by atoms with Crippen LogP contribution in [-0.4, -0.2) is 37.5 Å². The minimum atomic E-state index is -0.634. The first-order valence-electron chi connectivity index (χ1n) is 6.45. The van der Waals surface area contributed by atoms with Gasteiger partial charge >= 0.3 is 0 Å². The molecule has 0 bridgehead atoms. The molecular weight excluding hydrogens is 326 g/mol.